The number of methoxy groups -OCH3 is 1. The molecule has 3 rings (SSSR count). The van der Waals surface area contributed by atoms with Gasteiger partial charge in [0.05, 0.1) is 7.11 Å². The molecule has 0 saturated heterocycles. The van der Waals surface area contributed by atoms with Gasteiger partial charge in [0.1, 0.15) is 5.75 Å². The number of carbonyl (C=O) groups excluding carboxylic acids is 1. The van der Waals surface area contributed by atoms with Gasteiger partial charge in [0.2, 0.25) is 5.91 Å². The van der Waals surface area contributed by atoms with Crippen LogP contribution < -0.4 is 4.74 Å². The third-order valence-corrected chi connectivity index (χ3v) is 5.64. The molecule has 27 heavy (non-hydrogen) atoms. The van der Waals surface area contributed by atoms with Gasteiger partial charge >= 0.3 is 0 Å². The van der Waals surface area contributed by atoms with E-state index in [0.29, 0.717) is 23.8 Å². The first kappa shape index (κ1) is 19.6. The Balaban J connectivity index is 1.71. The Kier molecular flexibility index (Phi) is 6.66. The zero-order chi connectivity index (χ0) is 19.2. The summed E-state index contributed by atoms with van der Waals surface area (Å²) in [5, 5.41) is 7.21. The van der Waals surface area contributed by atoms with Gasteiger partial charge in [-0.1, -0.05) is 19.3 Å². The lowest BCUT2D eigenvalue weighted by molar-refractivity contribution is -0.134. The predicted octanol–water partition coefficient (Wildman–Crippen LogP) is 4.19. The smallest absolute Gasteiger partial charge is 0.224 e. The van der Waals surface area contributed by atoms with Crippen molar-refractivity contribution in [3.8, 4) is 17.1 Å². The van der Waals surface area contributed by atoms with E-state index in [9.17, 15) is 4.79 Å². The number of hydrogen-bond acceptors (Lipinski definition) is 4. The molecule has 1 aliphatic carbocycles. The van der Waals surface area contributed by atoms with E-state index in [0.717, 1.165) is 36.5 Å². The fourth-order valence-electron chi connectivity index (χ4n) is 3.87. The summed E-state index contributed by atoms with van der Waals surface area (Å²) < 4.78 is 7.65. The molecule has 1 N–H and O–H groups in total. The quantitative estimate of drug-likeness (QED) is 0.723. The van der Waals surface area contributed by atoms with Crippen LogP contribution in [-0.4, -0.2) is 45.3 Å². The first-order valence-corrected chi connectivity index (χ1v) is 10.1. The molecular weight excluding hydrogens is 360 g/mol. The van der Waals surface area contributed by atoms with Crippen LogP contribution >= 0.6 is 12.2 Å². The molecule has 1 saturated carbocycles. The second-order valence-corrected chi connectivity index (χ2v) is 7.34. The Morgan fingerprint density at radius 2 is 2.00 bits per heavy atom. The van der Waals surface area contributed by atoms with Crippen LogP contribution in [0.25, 0.3) is 11.4 Å². The maximum Gasteiger partial charge on any atom is 0.224 e. The van der Waals surface area contributed by atoms with E-state index in [1.54, 1.807) is 7.11 Å². The lowest BCUT2D eigenvalue weighted by Crippen LogP contribution is -2.41. The second-order valence-electron chi connectivity index (χ2n) is 6.95. The first-order chi connectivity index (χ1) is 13.1. The van der Waals surface area contributed by atoms with Crippen molar-refractivity contribution in [2.24, 2.45) is 0 Å². The van der Waals surface area contributed by atoms with Crippen LogP contribution in [0.4, 0.5) is 0 Å². The highest BCUT2D eigenvalue weighted by Crippen LogP contribution is 2.24. The largest absolute Gasteiger partial charge is 0.497 e. The molecule has 1 aliphatic rings. The Labute approximate surface area is 165 Å². The van der Waals surface area contributed by atoms with E-state index in [1.807, 2.05) is 28.8 Å². The van der Waals surface area contributed by atoms with E-state index in [-0.39, 0.29) is 5.91 Å². The van der Waals surface area contributed by atoms with Crippen molar-refractivity contribution in [2.75, 3.05) is 13.7 Å². The second kappa shape index (κ2) is 9.17. The molecule has 7 heteroatoms. The molecule has 1 fully saturated rings. The van der Waals surface area contributed by atoms with Crippen LogP contribution in [-0.2, 0) is 11.3 Å². The van der Waals surface area contributed by atoms with Gasteiger partial charge in [0, 0.05) is 31.1 Å². The first-order valence-electron chi connectivity index (χ1n) is 9.73. The molecular formula is C20H28N4O2S. The van der Waals surface area contributed by atoms with Crippen molar-refractivity contribution < 1.29 is 9.53 Å². The standard InChI is InChI=1S/C20H28N4O2S/c1-3-23(16-7-5-4-6-8-16)18(25)13-14-24-19(21-22-20(24)27)15-9-11-17(26-2)12-10-15/h9-12,16H,3-8,13-14H2,1-2H3,(H,22,27). The lowest BCUT2D eigenvalue weighted by Gasteiger charge is -2.33. The monoisotopic (exact) mass is 388 g/mol. The van der Waals surface area contributed by atoms with E-state index in [4.69, 9.17) is 17.0 Å². The van der Waals surface area contributed by atoms with E-state index < -0.39 is 0 Å². The molecule has 1 aromatic heterocycles. The number of hydrogen-bond donors (Lipinski definition) is 1. The average Bonchev–Trinajstić information content (AvgIpc) is 3.08. The Morgan fingerprint density at radius 1 is 1.30 bits per heavy atom. The van der Waals surface area contributed by atoms with Gasteiger partial charge in [-0.15, -0.1) is 0 Å². The summed E-state index contributed by atoms with van der Waals surface area (Å²) in [4.78, 5) is 14.9. The maximum atomic E-state index is 12.8. The summed E-state index contributed by atoms with van der Waals surface area (Å²) >= 11 is 5.39. The molecule has 0 atom stereocenters. The maximum absolute atomic E-state index is 12.8. The third kappa shape index (κ3) is 4.58. The molecule has 1 aromatic carbocycles. The number of nitrogens with zero attached hydrogens (tertiary/aromatic N) is 3. The lowest BCUT2D eigenvalue weighted by atomic mass is 9.94. The van der Waals surface area contributed by atoms with Crippen molar-refractivity contribution >= 4 is 18.1 Å². The molecule has 0 unspecified atom stereocenters. The van der Waals surface area contributed by atoms with E-state index in [2.05, 4.69) is 22.0 Å². The van der Waals surface area contributed by atoms with Crippen molar-refractivity contribution in [3.63, 3.8) is 0 Å². The summed E-state index contributed by atoms with van der Waals surface area (Å²) in [6.07, 6.45) is 6.42. The summed E-state index contributed by atoms with van der Waals surface area (Å²) in [5.41, 5.74) is 0.940. The van der Waals surface area contributed by atoms with E-state index in [1.165, 1.54) is 19.3 Å². The molecule has 1 amide bonds. The Morgan fingerprint density at radius 3 is 2.63 bits per heavy atom. The van der Waals surface area contributed by atoms with Gasteiger partial charge in [0.25, 0.3) is 0 Å². The van der Waals surface area contributed by atoms with Crippen molar-refractivity contribution in [3.05, 3.63) is 29.0 Å². The Hall–Kier alpha value is -2.15. The van der Waals surface area contributed by atoms with Gasteiger partial charge in [-0.05, 0) is 56.2 Å². The third-order valence-electron chi connectivity index (χ3n) is 5.33. The number of nitrogens with one attached hydrogen (secondary N) is 1. The number of H-pyrrole nitrogens is 1. The fourth-order valence-corrected chi connectivity index (χ4v) is 4.09. The van der Waals surface area contributed by atoms with Crippen LogP contribution in [0.5, 0.6) is 5.75 Å². The highest BCUT2D eigenvalue weighted by molar-refractivity contribution is 7.71. The fraction of sp³-hybridized carbons (Fsp3) is 0.550. The molecule has 1 heterocycles. The van der Waals surface area contributed by atoms with Gasteiger partial charge in [-0.25, -0.2) is 0 Å². The van der Waals surface area contributed by atoms with Gasteiger partial charge in [-0.3, -0.25) is 14.5 Å². The molecule has 0 spiro atoms. The Bertz CT molecular complexity index is 806. The van der Waals surface area contributed by atoms with E-state index >= 15 is 0 Å². The van der Waals surface area contributed by atoms with Crippen molar-refractivity contribution in [2.45, 2.75) is 58.0 Å². The van der Waals surface area contributed by atoms with Crippen LogP contribution in [0.15, 0.2) is 24.3 Å². The number of aromatic amines is 1. The highest BCUT2D eigenvalue weighted by atomic mass is 32.1. The molecule has 2 aromatic rings. The predicted molar refractivity (Wildman–Crippen MR) is 108 cm³/mol. The summed E-state index contributed by atoms with van der Waals surface area (Å²) in [5.74, 6) is 1.74. The van der Waals surface area contributed by atoms with Crippen molar-refractivity contribution in [1.29, 1.82) is 0 Å². The number of rotatable bonds is 7. The molecule has 6 nitrogen and oxygen atoms in total. The van der Waals surface area contributed by atoms with Gasteiger partial charge in [0.15, 0.2) is 10.6 Å². The molecule has 0 bridgehead atoms. The molecule has 0 radical (unpaired) electrons. The molecule has 146 valence electrons. The van der Waals surface area contributed by atoms with Crippen LogP contribution in [0, 0.1) is 4.77 Å². The van der Waals surface area contributed by atoms with Crippen LogP contribution in [0.2, 0.25) is 0 Å². The topological polar surface area (TPSA) is 63.1 Å². The number of benzene rings is 1. The average molecular weight is 389 g/mol. The SMILES string of the molecule is CCN(C(=O)CCn1c(-c2ccc(OC)cc2)n[nH]c1=S)C1CCCCC1. The highest BCUT2D eigenvalue weighted by Gasteiger charge is 2.24. The number of amides is 1. The zero-order valence-corrected chi connectivity index (χ0v) is 16.9. The minimum absolute atomic E-state index is 0.202. The zero-order valence-electron chi connectivity index (χ0n) is 16.1. The molecule has 0 aliphatic heterocycles. The minimum atomic E-state index is 0.202. The van der Waals surface area contributed by atoms with Crippen LogP contribution in [0.1, 0.15) is 45.4 Å². The normalized spacial score (nSPS) is 14.9. The minimum Gasteiger partial charge on any atom is -0.497 e. The van der Waals surface area contributed by atoms with Crippen LogP contribution in [0.3, 0.4) is 0 Å². The summed E-state index contributed by atoms with van der Waals surface area (Å²) in [6, 6.07) is 8.08. The van der Waals surface area contributed by atoms with Gasteiger partial charge < -0.3 is 9.64 Å². The number of aromatic nitrogens is 3. The summed E-state index contributed by atoms with van der Waals surface area (Å²) in [7, 11) is 1.64. The van der Waals surface area contributed by atoms with Crippen molar-refractivity contribution in [1.82, 2.24) is 19.7 Å². The number of ether oxygens (including phenoxy) is 1. The van der Waals surface area contributed by atoms with Gasteiger partial charge in [-0.2, -0.15) is 5.10 Å². The number of carbonyl (C=O) groups is 1. The summed E-state index contributed by atoms with van der Waals surface area (Å²) in [6.45, 7) is 3.36.